The van der Waals surface area contributed by atoms with Crippen LogP contribution in [0.25, 0.3) is 11.4 Å². The van der Waals surface area contributed by atoms with E-state index in [1.807, 2.05) is 24.4 Å². The number of benzene rings is 1. The molecule has 27 heavy (non-hydrogen) atoms. The van der Waals surface area contributed by atoms with Crippen LogP contribution in [0.3, 0.4) is 0 Å². The predicted molar refractivity (Wildman–Crippen MR) is 105 cm³/mol. The van der Waals surface area contributed by atoms with Gasteiger partial charge in [-0.15, -0.1) is 0 Å². The molecule has 0 aliphatic carbocycles. The second-order valence-electron chi connectivity index (χ2n) is 6.90. The van der Waals surface area contributed by atoms with Crippen LogP contribution in [-0.4, -0.2) is 39.7 Å². The Morgan fingerprint density at radius 1 is 1.04 bits per heavy atom. The average Bonchev–Trinajstić information content (AvgIpc) is 3.41. The van der Waals surface area contributed by atoms with E-state index in [0.29, 0.717) is 18.3 Å². The van der Waals surface area contributed by atoms with E-state index in [2.05, 4.69) is 56.1 Å². The fourth-order valence-corrected chi connectivity index (χ4v) is 3.40. The highest BCUT2D eigenvalue weighted by Crippen LogP contribution is 2.21. The molecule has 1 aliphatic rings. The fraction of sp³-hybridized carbons (Fsp3) is 0.381. The Bertz CT molecular complexity index is 841. The highest BCUT2D eigenvalue weighted by atomic mass is 16.5. The average molecular weight is 363 g/mol. The summed E-state index contributed by atoms with van der Waals surface area (Å²) in [5, 5.41) is 4.14. The van der Waals surface area contributed by atoms with Crippen LogP contribution >= 0.6 is 0 Å². The number of pyridine rings is 1. The van der Waals surface area contributed by atoms with Crippen molar-refractivity contribution in [1.82, 2.24) is 20.0 Å². The number of aromatic nitrogens is 3. The maximum Gasteiger partial charge on any atom is 0.241 e. The Hall–Kier alpha value is -2.73. The van der Waals surface area contributed by atoms with Gasteiger partial charge >= 0.3 is 0 Å². The molecule has 3 heterocycles. The SMILES string of the molecule is CCN(Cc1ccccc1)Cc1nc(-c2ccc(N3CCCC3)nc2)no1. The van der Waals surface area contributed by atoms with Crippen LogP contribution in [0.2, 0.25) is 0 Å². The Morgan fingerprint density at radius 2 is 1.85 bits per heavy atom. The summed E-state index contributed by atoms with van der Waals surface area (Å²) in [6.07, 6.45) is 4.33. The van der Waals surface area contributed by atoms with Crippen LogP contribution in [0.4, 0.5) is 5.82 Å². The van der Waals surface area contributed by atoms with Gasteiger partial charge in [-0.1, -0.05) is 42.4 Å². The molecule has 3 aromatic rings. The molecule has 0 atom stereocenters. The molecule has 1 aliphatic heterocycles. The van der Waals surface area contributed by atoms with Crippen LogP contribution in [0.15, 0.2) is 53.2 Å². The fourth-order valence-electron chi connectivity index (χ4n) is 3.40. The quantitative estimate of drug-likeness (QED) is 0.637. The molecular weight excluding hydrogens is 338 g/mol. The van der Waals surface area contributed by atoms with Gasteiger partial charge in [0.05, 0.1) is 6.54 Å². The van der Waals surface area contributed by atoms with E-state index < -0.39 is 0 Å². The Morgan fingerprint density at radius 3 is 2.56 bits per heavy atom. The molecule has 1 aromatic carbocycles. The van der Waals surface area contributed by atoms with Crippen LogP contribution in [-0.2, 0) is 13.1 Å². The van der Waals surface area contributed by atoms with Gasteiger partial charge in [0.1, 0.15) is 5.82 Å². The third kappa shape index (κ3) is 4.34. The lowest BCUT2D eigenvalue weighted by Gasteiger charge is -2.18. The van der Waals surface area contributed by atoms with E-state index in [0.717, 1.165) is 37.6 Å². The van der Waals surface area contributed by atoms with Gasteiger partial charge in [-0.25, -0.2) is 4.98 Å². The second kappa shape index (κ2) is 8.31. The first-order chi connectivity index (χ1) is 13.3. The minimum Gasteiger partial charge on any atom is -0.357 e. The van der Waals surface area contributed by atoms with Crippen LogP contribution in [0.1, 0.15) is 31.2 Å². The lowest BCUT2D eigenvalue weighted by molar-refractivity contribution is 0.229. The first-order valence-corrected chi connectivity index (χ1v) is 9.62. The zero-order chi connectivity index (χ0) is 18.5. The van der Waals surface area contributed by atoms with Gasteiger partial charge in [-0.05, 0) is 37.1 Å². The van der Waals surface area contributed by atoms with Gasteiger partial charge in [0, 0.05) is 31.4 Å². The van der Waals surface area contributed by atoms with E-state index in [-0.39, 0.29) is 0 Å². The van der Waals surface area contributed by atoms with Crippen molar-refractivity contribution >= 4 is 5.82 Å². The van der Waals surface area contributed by atoms with Gasteiger partial charge in [-0.3, -0.25) is 4.90 Å². The van der Waals surface area contributed by atoms with E-state index in [1.165, 1.54) is 18.4 Å². The van der Waals surface area contributed by atoms with Crippen molar-refractivity contribution in [2.75, 3.05) is 24.5 Å². The van der Waals surface area contributed by atoms with Crippen LogP contribution < -0.4 is 4.90 Å². The summed E-state index contributed by atoms with van der Waals surface area (Å²) < 4.78 is 5.48. The molecule has 140 valence electrons. The zero-order valence-corrected chi connectivity index (χ0v) is 15.7. The van der Waals surface area contributed by atoms with Crippen molar-refractivity contribution < 1.29 is 4.52 Å². The largest absolute Gasteiger partial charge is 0.357 e. The smallest absolute Gasteiger partial charge is 0.241 e. The van der Waals surface area contributed by atoms with Crippen molar-refractivity contribution in [3.8, 4) is 11.4 Å². The van der Waals surface area contributed by atoms with Crippen molar-refractivity contribution in [2.24, 2.45) is 0 Å². The van der Waals surface area contributed by atoms with E-state index >= 15 is 0 Å². The molecule has 0 unspecified atom stereocenters. The van der Waals surface area contributed by atoms with Crippen LogP contribution in [0.5, 0.6) is 0 Å². The number of hydrogen-bond acceptors (Lipinski definition) is 6. The summed E-state index contributed by atoms with van der Waals surface area (Å²) in [6, 6.07) is 14.5. The number of anilines is 1. The highest BCUT2D eigenvalue weighted by Gasteiger charge is 2.15. The number of hydrogen-bond donors (Lipinski definition) is 0. The normalized spacial score (nSPS) is 14.2. The summed E-state index contributed by atoms with van der Waals surface area (Å²) in [5.74, 6) is 2.26. The highest BCUT2D eigenvalue weighted by molar-refractivity contribution is 5.56. The molecule has 0 saturated carbocycles. The van der Waals surface area contributed by atoms with Crippen LogP contribution in [0, 0.1) is 0 Å². The standard InChI is InChI=1S/C21H25N5O/c1-2-25(15-17-8-4-3-5-9-17)16-20-23-21(24-27-20)18-10-11-19(22-14-18)26-12-6-7-13-26/h3-5,8-11,14H,2,6-7,12-13,15-16H2,1H3. The minimum atomic E-state index is 0.598. The number of rotatable bonds is 7. The number of nitrogens with zero attached hydrogens (tertiary/aromatic N) is 5. The van der Waals surface area contributed by atoms with Gasteiger partial charge < -0.3 is 9.42 Å². The zero-order valence-electron chi connectivity index (χ0n) is 15.7. The first-order valence-electron chi connectivity index (χ1n) is 9.62. The Kier molecular flexibility index (Phi) is 5.44. The van der Waals surface area contributed by atoms with E-state index in [9.17, 15) is 0 Å². The molecule has 6 heteroatoms. The summed E-state index contributed by atoms with van der Waals surface area (Å²) in [5.41, 5.74) is 2.17. The Balaban J connectivity index is 1.41. The maximum atomic E-state index is 5.48. The lowest BCUT2D eigenvalue weighted by atomic mass is 10.2. The second-order valence-corrected chi connectivity index (χ2v) is 6.90. The molecule has 0 bridgehead atoms. The molecule has 6 nitrogen and oxygen atoms in total. The topological polar surface area (TPSA) is 58.3 Å². The summed E-state index contributed by atoms with van der Waals surface area (Å²) >= 11 is 0. The lowest BCUT2D eigenvalue weighted by Crippen LogP contribution is -2.22. The van der Waals surface area contributed by atoms with E-state index in [4.69, 9.17) is 4.52 Å². The van der Waals surface area contributed by atoms with Gasteiger partial charge in [0.2, 0.25) is 11.7 Å². The van der Waals surface area contributed by atoms with Crippen molar-refractivity contribution in [1.29, 1.82) is 0 Å². The van der Waals surface area contributed by atoms with Crippen molar-refractivity contribution in [3.63, 3.8) is 0 Å². The molecule has 1 saturated heterocycles. The third-order valence-electron chi connectivity index (χ3n) is 4.96. The molecule has 0 radical (unpaired) electrons. The molecule has 0 spiro atoms. The third-order valence-corrected chi connectivity index (χ3v) is 4.96. The maximum absolute atomic E-state index is 5.48. The van der Waals surface area contributed by atoms with Gasteiger partial charge in [-0.2, -0.15) is 4.98 Å². The monoisotopic (exact) mass is 363 g/mol. The van der Waals surface area contributed by atoms with Gasteiger partial charge in [0.25, 0.3) is 0 Å². The molecule has 1 fully saturated rings. The molecule has 4 rings (SSSR count). The summed E-state index contributed by atoms with van der Waals surface area (Å²) in [4.78, 5) is 13.7. The molecule has 0 N–H and O–H groups in total. The first kappa shape index (κ1) is 17.7. The minimum absolute atomic E-state index is 0.598. The molecule has 2 aromatic heterocycles. The summed E-state index contributed by atoms with van der Waals surface area (Å²) in [7, 11) is 0. The predicted octanol–water partition coefficient (Wildman–Crippen LogP) is 3.75. The summed E-state index contributed by atoms with van der Waals surface area (Å²) in [6.45, 7) is 6.73. The van der Waals surface area contributed by atoms with Crippen molar-refractivity contribution in [2.45, 2.75) is 32.9 Å². The molecular formula is C21H25N5O. The Labute approximate surface area is 159 Å². The van der Waals surface area contributed by atoms with Gasteiger partial charge in [0.15, 0.2) is 0 Å². The van der Waals surface area contributed by atoms with Crippen molar-refractivity contribution in [3.05, 3.63) is 60.1 Å². The van der Waals surface area contributed by atoms with E-state index in [1.54, 1.807) is 0 Å². The molecule has 0 amide bonds.